The van der Waals surface area contributed by atoms with E-state index in [2.05, 4.69) is 35.8 Å². The maximum absolute atomic E-state index is 3.55. The number of nitrogens with zero attached hydrogens (tertiary/aromatic N) is 1. The van der Waals surface area contributed by atoms with E-state index in [0.29, 0.717) is 6.04 Å². The maximum atomic E-state index is 3.55. The van der Waals surface area contributed by atoms with Crippen LogP contribution in [0.4, 0.5) is 0 Å². The fourth-order valence-corrected chi connectivity index (χ4v) is 3.82. The molecule has 88 valence electrons. The van der Waals surface area contributed by atoms with Gasteiger partial charge in [-0.25, -0.2) is 0 Å². The molecule has 0 aromatic rings. The quantitative estimate of drug-likeness (QED) is 0.776. The van der Waals surface area contributed by atoms with E-state index in [0.717, 1.165) is 12.0 Å². The first kappa shape index (κ1) is 11.7. The molecule has 0 aromatic heterocycles. The number of hydrogen-bond acceptors (Lipinski definition) is 3. The number of piperazine rings is 1. The number of nitrogens with one attached hydrogen (secondary N) is 1. The predicted molar refractivity (Wildman–Crippen MR) is 68.5 cm³/mol. The van der Waals surface area contributed by atoms with Crippen LogP contribution in [0.2, 0.25) is 0 Å². The Hall–Kier alpha value is 0.270. The van der Waals surface area contributed by atoms with Crippen molar-refractivity contribution in [1.29, 1.82) is 0 Å². The fourth-order valence-electron chi connectivity index (χ4n) is 2.61. The van der Waals surface area contributed by atoms with Gasteiger partial charge in [0.25, 0.3) is 0 Å². The van der Waals surface area contributed by atoms with Crippen LogP contribution < -0.4 is 5.32 Å². The van der Waals surface area contributed by atoms with Crippen molar-refractivity contribution in [3.8, 4) is 0 Å². The van der Waals surface area contributed by atoms with Crippen LogP contribution in [0.5, 0.6) is 0 Å². The van der Waals surface area contributed by atoms with Crippen molar-refractivity contribution in [2.24, 2.45) is 5.92 Å². The summed E-state index contributed by atoms with van der Waals surface area (Å²) in [5.41, 5.74) is 0. The van der Waals surface area contributed by atoms with E-state index >= 15 is 0 Å². The van der Waals surface area contributed by atoms with E-state index in [1.807, 2.05) is 0 Å². The minimum absolute atomic E-state index is 0.680. The predicted octanol–water partition coefficient (Wildman–Crippen LogP) is 1.81. The first-order valence-electron chi connectivity index (χ1n) is 6.31. The zero-order valence-corrected chi connectivity index (χ0v) is 10.9. The van der Waals surface area contributed by atoms with Crippen molar-refractivity contribution in [3.63, 3.8) is 0 Å². The third-order valence-electron chi connectivity index (χ3n) is 3.73. The summed E-state index contributed by atoms with van der Waals surface area (Å²) in [5, 5.41) is 3.55. The van der Waals surface area contributed by atoms with Gasteiger partial charge in [0.1, 0.15) is 0 Å². The minimum Gasteiger partial charge on any atom is -0.311 e. The van der Waals surface area contributed by atoms with Crippen LogP contribution in [0, 0.1) is 5.92 Å². The Kier molecular flexibility index (Phi) is 4.35. The molecule has 2 fully saturated rings. The van der Waals surface area contributed by atoms with Gasteiger partial charge in [-0.15, -0.1) is 0 Å². The molecule has 15 heavy (non-hydrogen) atoms. The van der Waals surface area contributed by atoms with E-state index in [9.17, 15) is 0 Å². The lowest BCUT2D eigenvalue weighted by Gasteiger charge is -2.40. The SMILES string of the molecule is CC1CN(CC2CCSCC2)C(C)CN1. The molecule has 1 N–H and O–H groups in total. The standard InChI is InChI=1S/C12H24N2S/c1-10-8-14(11(2)7-13-10)9-12-3-5-15-6-4-12/h10-13H,3-9H2,1-2H3. The van der Waals surface area contributed by atoms with Crippen LogP contribution in [0.3, 0.4) is 0 Å². The Morgan fingerprint density at radius 3 is 2.73 bits per heavy atom. The van der Waals surface area contributed by atoms with Gasteiger partial charge in [0.2, 0.25) is 0 Å². The van der Waals surface area contributed by atoms with Crippen molar-refractivity contribution < 1.29 is 0 Å². The zero-order chi connectivity index (χ0) is 10.7. The molecule has 2 aliphatic rings. The van der Waals surface area contributed by atoms with Gasteiger partial charge in [-0.2, -0.15) is 11.8 Å². The maximum Gasteiger partial charge on any atom is 0.0193 e. The fraction of sp³-hybridized carbons (Fsp3) is 1.00. The zero-order valence-electron chi connectivity index (χ0n) is 10.0. The molecule has 2 saturated heterocycles. The van der Waals surface area contributed by atoms with Crippen molar-refractivity contribution in [3.05, 3.63) is 0 Å². The van der Waals surface area contributed by atoms with E-state index in [1.165, 1.54) is 44.0 Å². The first-order chi connectivity index (χ1) is 7.25. The number of rotatable bonds is 2. The molecule has 0 saturated carbocycles. The lowest BCUT2D eigenvalue weighted by Crippen LogP contribution is -2.55. The molecule has 0 aromatic carbocycles. The topological polar surface area (TPSA) is 15.3 Å². The Bertz CT molecular complexity index is 192. The van der Waals surface area contributed by atoms with Crippen molar-refractivity contribution in [1.82, 2.24) is 10.2 Å². The highest BCUT2D eigenvalue weighted by atomic mass is 32.2. The molecule has 2 aliphatic heterocycles. The summed E-state index contributed by atoms with van der Waals surface area (Å²) < 4.78 is 0. The molecule has 0 amide bonds. The molecular weight excluding hydrogens is 204 g/mol. The molecule has 2 heterocycles. The molecule has 0 spiro atoms. The Morgan fingerprint density at radius 1 is 1.27 bits per heavy atom. The highest BCUT2D eigenvalue weighted by molar-refractivity contribution is 7.99. The molecule has 0 aliphatic carbocycles. The molecule has 2 rings (SSSR count). The third-order valence-corrected chi connectivity index (χ3v) is 4.78. The molecule has 2 nitrogen and oxygen atoms in total. The monoisotopic (exact) mass is 228 g/mol. The Labute approximate surface area is 98.2 Å². The van der Waals surface area contributed by atoms with Crippen LogP contribution in [-0.2, 0) is 0 Å². The third kappa shape index (κ3) is 3.36. The van der Waals surface area contributed by atoms with E-state index < -0.39 is 0 Å². The second kappa shape index (κ2) is 5.55. The van der Waals surface area contributed by atoms with Crippen molar-refractivity contribution >= 4 is 11.8 Å². The van der Waals surface area contributed by atoms with Crippen LogP contribution in [0.15, 0.2) is 0 Å². The van der Waals surface area contributed by atoms with Gasteiger partial charge in [-0.1, -0.05) is 0 Å². The summed E-state index contributed by atoms with van der Waals surface area (Å²) in [7, 11) is 0. The second-order valence-corrected chi connectivity index (χ2v) is 6.39. The summed E-state index contributed by atoms with van der Waals surface area (Å²) in [5.74, 6) is 3.75. The van der Waals surface area contributed by atoms with Gasteiger partial charge in [0, 0.05) is 31.7 Å². The smallest absolute Gasteiger partial charge is 0.0193 e. The van der Waals surface area contributed by atoms with Crippen LogP contribution in [-0.4, -0.2) is 48.1 Å². The second-order valence-electron chi connectivity index (χ2n) is 5.17. The lowest BCUT2D eigenvalue weighted by molar-refractivity contribution is 0.122. The average molecular weight is 228 g/mol. The minimum atomic E-state index is 0.680. The Balaban J connectivity index is 1.80. The lowest BCUT2D eigenvalue weighted by atomic mass is 10.00. The van der Waals surface area contributed by atoms with Gasteiger partial charge < -0.3 is 5.32 Å². The summed E-state index contributed by atoms with van der Waals surface area (Å²) in [6, 6.07) is 1.41. The molecule has 0 bridgehead atoms. The van der Waals surface area contributed by atoms with Gasteiger partial charge in [-0.05, 0) is 44.1 Å². The largest absolute Gasteiger partial charge is 0.311 e. The number of thioether (sulfide) groups is 1. The first-order valence-corrected chi connectivity index (χ1v) is 7.46. The highest BCUT2D eigenvalue weighted by Crippen LogP contribution is 2.24. The van der Waals surface area contributed by atoms with Crippen LogP contribution >= 0.6 is 11.8 Å². The van der Waals surface area contributed by atoms with Crippen molar-refractivity contribution in [2.75, 3.05) is 31.1 Å². The van der Waals surface area contributed by atoms with Crippen LogP contribution in [0.25, 0.3) is 0 Å². The summed E-state index contributed by atoms with van der Waals surface area (Å²) in [6.07, 6.45) is 2.88. The molecular formula is C12H24N2S. The van der Waals surface area contributed by atoms with Crippen molar-refractivity contribution in [2.45, 2.75) is 38.8 Å². The highest BCUT2D eigenvalue weighted by Gasteiger charge is 2.25. The number of hydrogen-bond donors (Lipinski definition) is 1. The average Bonchev–Trinajstić information content (AvgIpc) is 2.25. The van der Waals surface area contributed by atoms with E-state index in [1.54, 1.807) is 0 Å². The molecule has 0 radical (unpaired) electrons. The molecule has 2 unspecified atom stereocenters. The summed E-state index contributed by atoms with van der Waals surface area (Å²) >= 11 is 2.13. The van der Waals surface area contributed by atoms with Crippen LogP contribution in [0.1, 0.15) is 26.7 Å². The normalized spacial score (nSPS) is 35.6. The Morgan fingerprint density at radius 2 is 2.00 bits per heavy atom. The van der Waals surface area contributed by atoms with Gasteiger partial charge in [0.05, 0.1) is 0 Å². The van der Waals surface area contributed by atoms with Gasteiger partial charge >= 0.3 is 0 Å². The van der Waals surface area contributed by atoms with Gasteiger partial charge in [0.15, 0.2) is 0 Å². The van der Waals surface area contributed by atoms with E-state index in [-0.39, 0.29) is 0 Å². The summed E-state index contributed by atoms with van der Waals surface area (Å²) in [6.45, 7) is 8.41. The van der Waals surface area contributed by atoms with Gasteiger partial charge in [-0.3, -0.25) is 4.90 Å². The molecule has 2 atom stereocenters. The molecule has 3 heteroatoms. The van der Waals surface area contributed by atoms with E-state index in [4.69, 9.17) is 0 Å². The summed E-state index contributed by atoms with van der Waals surface area (Å²) in [4.78, 5) is 2.70.